The fraction of sp³-hybridized carbons (Fsp3) is 0.0909. The van der Waals surface area contributed by atoms with Gasteiger partial charge in [-0.2, -0.15) is 0 Å². The van der Waals surface area contributed by atoms with Gasteiger partial charge in [-0.25, -0.2) is 4.98 Å². The maximum absolute atomic E-state index is 12.3. The first-order valence-corrected chi connectivity index (χ1v) is 5.47. The molecule has 8 heteroatoms. The first kappa shape index (κ1) is 10.1. The largest absolute Gasteiger partial charge is 0.497 e. The fourth-order valence-corrected chi connectivity index (χ4v) is 2.12. The monoisotopic (exact) mass is 254 g/mol. The maximum Gasteiger partial charge on any atom is 0.291 e. The molecule has 19 heavy (non-hydrogen) atoms. The highest BCUT2D eigenvalue weighted by Gasteiger charge is 2.31. The van der Waals surface area contributed by atoms with Crippen LogP contribution < -0.4 is 4.74 Å². The van der Waals surface area contributed by atoms with Gasteiger partial charge in [0.15, 0.2) is 5.69 Å². The zero-order chi connectivity index (χ0) is 13.0. The van der Waals surface area contributed by atoms with Gasteiger partial charge in [0.2, 0.25) is 5.78 Å². The first-order valence-electron chi connectivity index (χ1n) is 5.47. The summed E-state index contributed by atoms with van der Waals surface area (Å²) in [5.41, 5.74) is 2.00. The maximum atomic E-state index is 12.3. The van der Waals surface area contributed by atoms with Crippen LogP contribution in [0.1, 0.15) is 16.1 Å². The van der Waals surface area contributed by atoms with Gasteiger partial charge >= 0.3 is 0 Å². The molecule has 0 amide bonds. The topological polar surface area (TPSA) is 95.2 Å². The molecule has 0 atom stereocenters. The van der Waals surface area contributed by atoms with Gasteiger partial charge in [0.25, 0.3) is 5.78 Å². The Labute approximate surface area is 106 Å². The molecule has 1 aliphatic rings. The van der Waals surface area contributed by atoms with Crippen molar-refractivity contribution in [1.82, 2.24) is 30.2 Å². The Morgan fingerprint density at radius 3 is 2.95 bits per heavy atom. The Morgan fingerprint density at radius 2 is 2.11 bits per heavy atom. The predicted molar refractivity (Wildman–Crippen MR) is 61.8 cm³/mol. The van der Waals surface area contributed by atoms with E-state index >= 15 is 0 Å². The minimum Gasteiger partial charge on any atom is -0.497 e. The number of carbonyl (C=O) groups is 1. The summed E-state index contributed by atoms with van der Waals surface area (Å²) < 4.78 is 6.25. The molecule has 0 unspecified atom stereocenters. The van der Waals surface area contributed by atoms with Crippen LogP contribution in [0.3, 0.4) is 0 Å². The lowest BCUT2D eigenvalue weighted by atomic mass is 10.1. The molecule has 0 spiro atoms. The first-order chi connectivity index (χ1) is 9.28. The van der Waals surface area contributed by atoms with Crippen LogP contribution in [0.5, 0.6) is 5.75 Å². The molecular weight excluding hydrogens is 248 g/mol. The van der Waals surface area contributed by atoms with Gasteiger partial charge in [0.05, 0.1) is 7.11 Å². The number of ketones is 1. The Bertz CT molecular complexity index is 840. The third-order valence-corrected chi connectivity index (χ3v) is 3.01. The Morgan fingerprint density at radius 1 is 1.21 bits per heavy atom. The average molecular weight is 254 g/mol. The van der Waals surface area contributed by atoms with Crippen molar-refractivity contribution in [2.75, 3.05) is 7.11 Å². The third kappa shape index (κ3) is 1.22. The van der Waals surface area contributed by atoms with E-state index in [-0.39, 0.29) is 17.3 Å². The molecule has 1 aliphatic carbocycles. The van der Waals surface area contributed by atoms with Gasteiger partial charge in [0, 0.05) is 11.1 Å². The molecule has 0 radical (unpaired) electrons. The van der Waals surface area contributed by atoms with Gasteiger partial charge in [-0.05, 0) is 28.6 Å². The lowest BCUT2D eigenvalue weighted by Crippen LogP contribution is -2.06. The van der Waals surface area contributed by atoms with Crippen molar-refractivity contribution in [1.29, 1.82) is 0 Å². The van der Waals surface area contributed by atoms with E-state index in [1.54, 1.807) is 25.3 Å². The van der Waals surface area contributed by atoms with Crippen LogP contribution in [0.2, 0.25) is 0 Å². The molecule has 1 aromatic carbocycles. The van der Waals surface area contributed by atoms with Gasteiger partial charge in [-0.15, -0.1) is 5.10 Å². The Kier molecular flexibility index (Phi) is 1.75. The lowest BCUT2D eigenvalue weighted by molar-refractivity contribution is 0.103. The van der Waals surface area contributed by atoms with Crippen molar-refractivity contribution < 1.29 is 9.53 Å². The van der Waals surface area contributed by atoms with E-state index in [2.05, 4.69) is 25.6 Å². The molecule has 0 saturated heterocycles. The highest BCUT2D eigenvalue weighted by Crippen LogP contribution is 2.35. The van der Waals surface area contributed by atoms with Crippen LogP contribution in [-0.4, -0.2) is 43.1 Å². The van der Waals surface area contributed by atoms with Crippen molar-refractivity contribution in [2.24, 2.45) is 0 Å². The zero-order valence-corrected chi connectivity index (χ0v) is 9.73. The van der Waals surface area contributed by atoms with Crippen molar-refractivity contribution >= 4 is 11.6 Å². The summed E-state index contributed by atoms with van der Waals surface area (Å²) in [5.74, 6) is 0.675. The van der Waals surface area contributed by atoms with Crippen molar-refractivity contribution in [3.05, 3.63) is 29.5 Å². The second kappa shape index (κ2) is 3.31. The highest BCUT2D eigenvalue weighted by molar-refractivity contribution is 6.20. The third-order valence-electron chi connectivity index (χ3n) is 3.01. The number of rotatable bonds is 1. The molecule has 2 aromatic heterocycles. The van der Waals surface area contributed by atoms with Crippen LogP contribution in [0.4, 0.5) is 0 Å². The molecule has 0 fully saturated rings. The molecule has 0 saturated carbocycles. The molecule has 0 bridgehead atoms. The standard InChI is InChI=1S/C11H6N6O2/c1-19-5-2-3-6-7(4-5)10(18)9-8(6)12-11-13-15-16-17(11)14-9/h2-4H,1H3. The summed E-state index contributed by atoms with van der Waals surface area (Å²) in [6.07, 6.45) is 0. The fourth-order valence-electron chi connectivity index (χ4n) is 2.12. The molecule has 0 N–H and O–H groups in total. The predicted octanol–water partition coefficient (Wildman–Crippen LogP) is 0.134. The highest BCUT2D eigenvalue weighted by atomic mass is 16.5. The SMILES string of the molecule is COc1ccc2c(c1)C(=O)c1nn3nnnc3nc1-2. The minimum atomic E-state index is -0.200. The van der Waals surface area contributed by atoms with Gasteiger partial charge in [-0.3, -0.25) is 4.79 Å². The van der Waals surface area contributed by atoms with Crippen LogP contribution in [0.25, 0.3) is 17.0 Å². The van der Waals surface area contributed by atoms with Crippen molar-refractivity contribution in [3.8, 4) is 17.0 Å². The summed E-state index contributed by atoms with van der Waals surface area (Å²) in [4.78, 5) is 16.5. The second-order valence-electron chi connectivity index (χ2n) is 4.02. The van der Waals surface area contributed by atoms with E-state index in [1.165, 1.54) is 0 Å². The summed E-state index contributed by atoms with van der Waals surface area (Å²) in [6.45, 7) is 0. The molecule has 3 aromatic rings. The van der Waals surface area contributed by atoms with E-state index in [0.717, 1.165) is 10.2 Å². The van der Waals surface area contributed by atoms with Gasteiger partial charge in [0.1, 0.15) is 11.4 Å². The smallest absolute Gasteiger partial charge is 0.291 e. The number of hydrogen-bond acceptors (Lipinski definition) is 7. The molecule has 8 nitrogen and oxygen atoms in total. The number of tetrazole rings is 1. The van der Waals surface area contributed by atoms with Gasteiger partial charge in [-0.1, -0.05) is 9.73 Å². The Hall–Kier alpha value is -2.90. The number of ether oxygens (including phenoxy) is 1. The molecule has 4 rings (SSSR count). The summed E-state index contributed by atoms with van der Waals surface area (Å²) in [6, 6.07) is 5.23. The molecule has 2 heterocycles. The van der Waals surface area contributed by atoms with Crippen LogP contribution in [-0.2, 0) is 0 Å². The number of methoxy groups -OCH3 is 1. The van der Waals surface area contributed by atoms with Crippen molar-refractivity contribution in [3.63, 3.8) is 0 Å². The number of aromatic nitrogens is 6. The zero-order valence-electron chi connectivity index (χ0n) is 9.73. The van der Waals surface area contributed by atoms with Crippen LogP contribution >= 0.6 is 0 Å². The molecular formula is C11H6N6O2. The van der Waals surface area contributed by atoms with Crippen molar-refractivity contribution in [2.45, 2.75) is 0 Å². The van der Waals surface area contributed by atoms with E-state index < -0.39 is 0 Å². The summed E-state index contributed by atoms with van der Waals surface area (Å²) >= 11 is 0. The number of benzene rings is 1. The molecule has 92 valence electrons. The second-order valence-corrected chi connectivity index (χ2v) is 4.02. The summed E-state index contributed by atoms with van der Waals surface area (Å²) in [5, 5.41) is 14.9. The van der Waals surface area contributed by atoms with E-state index in [0.29, 0.717) is 17.0 Å². The van der Waals surface area contributed by atoms with E-state index in [1.807, 2.05) is 0 Å². The number of carbonyl (C=O) groups excluding carboxylic acids is 1. The van der Waals surface area contributed by atoms with Crippen LogP contribution in [0.15, 0.2) is 18.2 Å². The Balaban J connectivity index is 2.04. The molecule has 0 aliphatic heterocycles. The quantitative estimate of drug-likeness (QED) is 0.476. The van der Waals surface area contributed by atoms with E-state index in [9.17, 15) is 4.79 Å². The van der Waals surface area contributed by atoms with E-state index in [4.69, 9.17) is 4.74 Å². The average Bonchev–Trinajstić information content (AvgIpc) is 3.00. The lowest BCUT2D eigenvalue weighted by Gasteiger charge is -2.01. The summed E-state index contributed by atoms with van der Waals surface area (Å²) in [7, 11) is 1.55. The number of fused-ring (bicyclic) bond motifs is 4. The van der Waals surface area contributed by atoms with Gasteiger partial charge < -0.3 is 4.74 Å². The normalized spacial score (nSPS) is 12.6. The number of nitrogens with zero attached hydrogens (tertiary/aromatic N) is 6. The van der Waals surface area contributed by atoms with Crippen LogP contribution in [0, 0.1) is 0 Å². The number of hydrogen-bond donors (Lipinski definition) is 0. The minimum absolute atomic E-state index is 0.200.